The number of fused-ring (bicyclic) bond motifs is 1. The van der Waals surface area contributed by atoms with Gasteiger partial charge in [0.25, 0.3) is 0 Å². The van der Waals surface area contributed by atoms with Gasteiger partial charge in [0, 0.05) is 17.5 Å². The van der Waals surface area contributed by atoms with Crippen molar-refractivity contribution in [1.82, 2.24) is 0 Å². The maximum absolute atomic E-state index is 12.4. The quantitative estimate of drug-likeness (QED) is 0.342. The summed E-state index contributed by atoms with van der Waals surface area (Å²) in [5.74, 6) is 1.17. The Labute approximate surface area is 167 Å². The molecule has 7 heteroatoms. The minimum absolute atomic E-state index is 0.00625. The van der Waals surface area contributed by atoms with Crippen molar-refractivity contribution in [2.75, 3.05) is 21.3 Å². The van der Waals surface area contributed by atoms with Gasteiger partial charge in [-0.15, -0.1) is 0 Å². The maximum Gasteiger partial charge on any atom is 0.336 e. The molecule has 7 nitrogen and oxygen atoms in total. The van der Waals surface area contributed by atoms with Gasteiger partial charge in [-0.25, -0.2) is 4.79 Å². The van der Waals surface area contributed by atoms with Crippen LogP contribution in [0.25, 0.3) is 11.0 Å². The number of ether oxygens (including phenoxy) is 4. The lowest BCUT2D eigenvalue weighted by Gasteiger charge is -2.14. The van der Waals surface area contributed by atoms with Crippen LogP contribution in [-0.4, -0.2) is 27.3 Å². The van der Waals surface area contributed by atoms with E-state index in [9.17, 15) is 9.59 Å². The van der Waals surface area contributed by atoms with Crippen LogP contribution < -0.4 is 24.6 Å². The van der Waals surface area contributed by atoms with Crippen molar-refractivity contribution < 1.29 is 28.2 Å². The number of carbonyl (C=O) groups is 1. The van der Waals surface area contributed by atoms with E-state index in [4.69, 9.17) is 23.4 Å². The number of rotatable bonds is 7. The van der Waals surface area contributed by atoms with Crippen LogP contribution in [0.5, 0.6) is 23.0 Å². The van der Waals surface area contributed by atoms with E-state index in [2.05, 4.69) is 0 Å². The lowest BCUT2D eigenvalue weighted by molar-refractivity contribution is -0.133. The summed E-state index contributed by atoms with van der Waals surface area (Å²) in [7, 11) is 4.52. The van der Waals surface area contributed by atoms with Crippen LogP contribution in [0.15, 0.2) is 45.6 Å². The first kappa shape index (κ1) is 20.3. The number of methoxy groups -OCH3 is 3. The first-order chi connectivity index (χ1) is 14.0. The van der Waals surface area contributed by atoms with Gasteiger partial charge in [-0.3, -0.25) is 4.79 Å². The van der Waals surface area contributed by atoms with Crippen LogP contribution >= 0.6 is 0 Å². The molecule has 0 saturated heterocycles. The Balaban J connectivity index is 1.83. The molecule has 0 amide bonds. The van der Waals surface area contributed by atoms with Crippen molar-refractivity contribution in [2.45, 2.75) is 19.8 Å². The molecule has 3 aromatic rings. The third-order valence-electron chi connectivity index (χ3n) is 4.49. The number of benzene rings is 2. The fraction of sp³-hybridized carbons (Fsp3) is 0.273. The molecule has 0 saturated carbocycles. The van der Waals surface area contributed by atoms with E-state index in [0.717, 1.165) is 10.9 Å². The summed E-state index contributed by atoms with van der Waals surface area (Å²) in [6.07, 6.45) is 0.691. The van der Waals surface area contributed by atoms with Gasteiger partial charge in [-0.2, -0.15) is 0 Å². The summed E-state index contributed by atoms with van der Waals surface area (Å²) in [5.41, 5.74) is 1.47. The van der Waals surface area contributed by atoms with Crippen molar-refractivity contribution in [2.24, 2.45) is 0 Å². The third-order valence-corrected chi connectivity index (χ3v) is 4.49. The SMILES string of the molecule is CCc1cc(=O)oc2cc(OC(=O)Cc3cc(OC)c(OC)c(OC)c3)ccc12. The zero-order chi connectivity index (χ0) is 21.0. The van der Waals surface area contributed by atoms with Gasteiger partial charge in [-0.1, -0.05) is 6.92 Å². The van der Waals surface area contributed by atoms with Gasteiger partial charge >= 0.3 is 11.6 Å². The maximum atomic E-state index is 12.4. The van der Waals surface area contributed by atoms with Crippen LogP contribution in [0, 0.1) is 0 Å². The Kier molecular flexibility index (Phi) is 6.07. The summed E-state index contributed by atoms with van der Waals surface area (Å²) in [6, 6.07) is 9.85. The Morgan fingerprint density at radius 2 is 1.66 bits per heavy atom. The number of esters is 1. The Bertz CT molecular complexity index is 1070. The molecule has 0 spiro atoms. The van der Waals surface area contributed by atoms with Crippen LogP contribution in [0.1, 0.15) is 18.1 Å². The molecule has 0 unspecified atom stereocenters. The smallest absolute Gasteiger partial charge is 0.336 e. The highest BCUT2D eigenvalue weighted by molar-refractivity contribution is 5.83. The molecule has 3 rings (SSSR count). The lowest BCUT2D eigenvalue weighted by Crippen LogP contribution is -2.12. The standard InChI is InChI=1S/C22H22O7/c1-5-14-11-21(24)29-17-12-15(6-7-16(14)17)28-20(23)10-13-8-18(25-2)22(27-4)19(9-13)26-3/h6-9,11-12H,5,10H2,1-4H3. The first-order valence-electron chi connectivity index (χ1n) is 9.05. The Morgan fingerprint density at radius 1 is 0.966 bits per heavy atom. The molecule has 29 heavy (non-hydrogen) atoms. The molecule has 0 aliphatic heterocycles. The lowest BCUT2D eigenvalue weighted by atomic mass is 10.1. The highest BCUT2D eigenvalue weighted by Crippen LogP contribution is 2.38. The van der Waals surface area contributed by atoms with Crippen molar-refractivity contribution in [3.05, 3.63) is 57.9 Å². The molecule has 2 aromatic carbocycles. The predicted octanol–water partition coefficient (Wildman–Crippen LogP) is 3.53. The minimum atomic E-state index is -0.479. The fourth-order valence-corrected chi connectivity index (χ4v) is 3.14. The van der Waals surface area contributed by atoms with Gasteiger partial charge < -0.3 is 23.4 Å². The molecule has 0 aliphatic rings. The van der Waals surface area contributed by atoms with Gasteiger partial charge in [0.05, 0.1) is 27.8 Å². The minimum Gasteiger partial charge on any atom is -0.493 e. The van der Waals surface area contributed by atoms with Crippen LogP contribution in [0.4, 0.5) is 0 Å². The van der Waals surface area contributed by atoms with Crippen LogP contribution in [0.3, 0.4) is 0 Å². The monoisotopic (exact) mass is 398 g/mol. The molecule has 0 bridgehead atoms. The average molecular weight is 398 g/mol. The van der Waals surface area contributed by atoms with Crippen molar-refractivity contribution in [1.29, 1.82) is 0 Å². The van der Waals surface area contributed by atoms with Gasteiger partial charge in [0.15, 0.2) is 11.5 Å². The van der Waals surface area contributed by atoms with Crippen LogP contribution in [-0.2, 0) is 17.6 Å². The first-order valence-corrected chi connectivity index (χ1v) is 9.05. The molecule has 0 aliphatic carbocycles. The summed E-state index contributed by atoms with van der Waals surface area (Å²) in [4.78, 5) is 24.1. The molecule has 0 atom stereocenters. The zero-order valence-corrected chi connectivity index (χ0v) is 16.7. The van der Waals surface area contributed by atoms with Crippen molar-refractivity contribution in [3.63, 3.8) is 0 Å². The van der Waals surface area contributed by atoms with E-state index < -0.39 is 11.6 Å². The van der Waals surface area contributed by atoms with Gasteiger partial charge in [0.2, 0.25) is 5.75 Å². The normalized spacial score (nSPS) is 10.6. The highest BCUT2D eigenvalue weighted by atomic mass is 16.5. The topological polar surface area (TPSA) is 84.2 Å². The largest absolute Gasteiger partial charge is 0.493 e. The van der Waals surface area contributed by atoms with Crippen molar-refractivity contribution >= 4 is 16.9 Å². The zero-order valence-electron chi connectivity index (χ0n) is 16.7. The summed E-state index contributed by atoms with van der Waals surface area (Å²) in [5, 5.41) is 0.816. The summed E-state index contributed by atoms with van der Waals surface area (Å²) < 4.78 is 26.6. The van der Waals surface area contributed by atoms with Gasteiger partial charge in [-0.05, 0) is 41.8 Å². The average Bonchev–Trinajstić information content (AvgIpc) is 2.71. The molecule has 152 valence electrons. The molecule has 1 heterocycles. The van der Waals surface area contributed by atoms with Crippen LogP contribution in [0.2, 0.25) is 0 Å². The number of hydrogen-bond acceptors (Lipinski definition) is 7. The highest BCUT2D eigenvalue weighted by Gasteiger charge is 2.16. The molecule has 0 fully saturated rings. The molecular formula is C22H22O7. The number of carbonyl (C=O) groups excluding carboxylic acids is 1. The predicted molar refractivity (Wildman–Crippen MR) is 107 cm³/mol. The van der Waals surface area contributed by atoms with E-state index in [1.54, 1.807) is 30.3 Å². The molecule has 0 radical (unpaired) electrons. The molecule has 0 N–H and O–H groups in total. The summed E-state index contributed by atoms with van der Waals surface area (Å²) in [6.45, 7) is 1.96. The van der Waals surface area contributed by atoms with Crippen molar-refractivity contribution in [3.8, 4) is 23.0 Å². The molecular weight excluding hydrogens is 376 g/mol. The van der Waals surface area contributed by atoms with E-state index in [1.807, 2.05) is 6.92 Å². The fourth-order valence-electron chi connectivity index (χ4n) is 3.14. The van der Waals surface area contributed by atoms with E-state index in [1.165, 1.54) is 27.4 Å². The van der Waals surface area contributed by atoms with E-state index in [-0.39, 0.29) is 6.42 Å². The second-order valence-electron chi connectivity index (χ2n) is 6.29. The number of hydrogen-bond donors (Lipinski definition) is 0. The van der Waals surface area contributed by atoms with E-state index >= 15 is 0 Å². The van der Waals surface area contributed by atoms with Gasteiger partial charge in [0.1, 0.15) is 11.3 Å². The van der Waals surface area contributed by atoms with E-state index in [0.29, 0.717) is 40.6 Å². The number of aryl methyl sites for hydroxylation is 1. The summed E-state index contributed by atoms with van der Waals surface area (Å²) >= 11 is 0. The molecule has 1 aromatic heterocycles. The second kappa shape index (κ2) is 8.68. The Morgan fingerprint density at radius 3 is 2.24 bits per heavy atom. The third kappa shape index (κ3) is 4.34. The second-order valence-corrected chi connectivity index (χ2v) is 6.29. The Hall–Kier alpha value is -3.48.